The molecule has 2 N–H and O–H groups in total. The summed E-state index contributed by atoms with van der Waals surface area (Å²) in [6.45, 7) is 3.33. The second-order valence-corrected chi connectivity index (χ2v) is 7.45. The Bertz CT molecular complexity index is 746. The first kappa shape index (κ1) is 20.3. The van der Waals surface area contributed by atoms with Crippen LogP contribution in [-0.4, -0.2) is 44.0 Å². The summed E-state index contributed by atoms with van der Waals surface area (Å²) >= 11 is 7.90. The van der Waals surface area contributed by atoms with Crippen LogP contribution in [0.4, 0.5) is 5.69 Å². The first-order valence-corrected chi connectivity index (χ1v) is 9.75. The Morgan fingerprint density at radius 2 is 2.15 bits per heavy atom. The van der Waals surface area contributed by atoms with Crippen LogP contribution in [0.2, 0.25) is 5.02 Å². The van der Waals surface area contributed by atoms with Crippen molar-refractivity contribution in [2.45, 2.75) is 19.8 Å². The maximum atomic E-state index is 12.1. The number of thiophene rings is 1. The zero-order chi connectivity index (χ0) is 18.9. The maximum Gasteiger partial charge on any atom is 0.226 e. The average molecular weight is 393 g/mol. The zero-order valence-corrected chi connectivity index (χ0v) is 17.0. The molecule has 0 aliphatic heterocycles. The minimum absolute atomic E-state index is 0.0834. The number of halogens is 1. The van der Waals surface area contributed by atoms with Crippen molar-refractivity contribution in [2.24, 2.45) is 4.99 Å². The lowest BCUT2D eigenvalue weighted by molar-refractivity contribution is -0.116. The highest BCUT2D eigenvalue weighted by atomic mass is 35.5. The molecule has 0 saturated carbocycles. The first-order chi connectivity index (χ1) is 12.5. The fourth-order valence-electron chi connectivity index (χ4n) is 2.45. The van der Waals surface area contributed by atoms with Crippen LogP contribution < -0.4 is 10.6 Å². The molecule has 0 spiro atoms. The predicted octanol–water partition coefficient (Wildman–Crippen LogP) is 3.79. The number of likely N-dealkylation sites (N-methyl/N-ethyl adjacent to an activating group) is 1. The molecule has 5 nitrogen and oxygen atoms in total. The Balaban J connectivity index is 1.74. The molecule has 1 heterocycles. The van der Waals surface area contributed by atoms with Gasteiger partial charge in [0.1, 0.15) is 0 Å². The largest absolute Gasteiger partial charge is 0.356 e. The number of guanidine groups is 1. The third kappa shape index (κ3) is 6.35. The predicted molar refractivity (Wildman–Crippen MR) is 111 cm³/mol. The molecule has 140 valence electrons. The molecule has 0 radical (unpaired) electrons. The highest BCUT2D eigenvalue weighted by Gasteiger charge is 2.09. The number of amides is 1. The van der Waals surface area contributed by atoms with E-state index in [0.29, 0.717) is 23.7 Å². The molecule has 0 aliphatic carbocycles. The molecule has 0 fully saturated rings. The minimum Gasteiger partial charge on any atom is -0.356 e. The molecule has 2 aromatic rings. The summed E-state index contributed by atoms with van der Waals surface area (Å²) in [4.78, 5) is 19.8. The molecule has 1 amide bonds. The van der Waals surface area contributed by atoms with Crippen LogP contribution in [0.5, 0.6) is 0 Å². The molecule has 0 atom stereocenters. The zero-order valence-electron chi connectivity index (χ0n) is 15.4. The van der Waals surface area contributed by atoms with Gasteiger partial charge in [0.2, 0.25) is 5.91 Å². The van der Waals surface area contributed by atoms with Gasteiger partial charge in [0.15, 0.2) is 5.96 Å². The van der Waals surface area contributed by atoms with Crippen LogP contribution >= 0.6 is 22.9 Å². The van der Waals surface area contributed by atoms with E-state index in [0.717, 1.165) is 24.5 Å². The van der Waals surface area contributed by atoms with Crippen molar-refractivity contribution < 1.29 is 4.79 Å². The van der Waals surface area contributed by atoms with E-state index < -0.39 is 0 Å². The summed E-state index contributed by atoms with van der Waals surface area (Å²) in [5.41, 5.74) is 1.70. The molecule has 0 unspecified atom stereocenters. The third-order valence-corrected chi connectivity index (χ3v) is 5.13. The first-order valence-electron chi connectivity index (χ1n) is 8.49. The topological polar surface area (TPSA) is 56.7 Å². The molecular formula is C19H25ClN4OS. The second kappa shape index (κ2) is 10.2. The van der Waals surface area contributed by atoms with Gasteiger partial charge in [-0.2, -0.15) is 0 Å². The number of rotatable bonds is 7. The van der Waals surface area contributed by atoms with Crippen LogP contribution in [0.15, 0.2) is 40.7 Å². The summed E-state index contributed by atoms with van der Waals surface area (Å²) < 4.78 is 0. The van der Waals surface area contributed by atoms with Crippen LogP contribution in [0.3, 0.4) is 0 Å². The Labute approximate surface area is 164 Å². The van der Waals surface area contributed by atoms with Crippen LogP contribution in [0.1, 0.15) is 16.9 Å². The van der Waals surface area contributed by atoms with Crippen molar-refractivity contribution in [3.63, 3.8) is 0 Å². The average Bonchev–Trinajstić information content (AvgIpc) is 3.12. The number of nitrogens with one attached hydrogen (secondary N) is 2. The quantitative estimate of drug-likeness (QED) is 0.556. The van der Waals surface area contributed by atoms with Gasteiger partial charge in [-0.05, 0) is 42.5 Å². The number of hydrogen-bond donors (Lipinski definition) is 2. The third-order valence-electron chi connectivity index (χ3n) is 3.88. The summed E-state index contributed by atoms with van der Waals surface area (Å²) in [5, 5.41) is 8.70. The number of aryl methyl sites for hydroxylation is 1. The molecule has 0 aliphatic rings. The molecule has 0 bridgehead atoms. The van der Waals surface area contributed by atoms with E-state index in [-0.39, 0.29) is 5.91 Å². The van der Waals surface area contributed by atoms with Crippen molar-refractivity contribution in [1.29, 1.82) is 0 Å². The SMILES string of the molecule is CN=C(NCCC(=O)Nc1ccc(C)cc1Cl)N(C)CCc1cccs1. The molecule has 1 aromatic heterocycles. The van der Waals surface area contributed by atoms with E-state index in [1.807, 2.05) is 32.2 Å². The van der Waals surface area contributed by atoms with Crippen LogP contribution in [0, 0.1) is 6.92 Å². The molecule has 2 rings (SSSR count). The second-order valence-electron chi connectivity index (χ2n) is 6.01. The highest BCUT2D eigenvalue weighted by Crippen LogP contribution is 2.22. The number of hydrogen-bond acceptors (Lipinski definition) is 3. The van der Waals surface area contributed by atoms with E-state index in [4.69, 9.17) is 11.6 Å². The normalized spacial score (nSPS) is 11.3. The standard InChI is InChI=1S/C19H25ClN4OS/c1-14-6-7-17(16(20)13-14)23-18(25)8-10-22-19(21-2)24(3)11-9-15-5-4-12-26-15/h4-7,12-13H,8-11H2,1-3H3,(H,21,22)(H,23,25). The number of nitrogens with zero attached hydrogens (tertiary/aromatic N) is 2. The Kier molecular flexibility index (Phi) is 7.94. The molecule has 26 heavy (non-hydrogen) atoms. The van der Waals surface area contributed by atoms with E-state index >= 15 is 0 Å². The van der Waals surface area contributed by atoms with Gasteiger partial charge in [0.05, 0.1) is 10.7 Å². The molecule has 0 saturated heterocycles. The minimum atomic E-state index is -0.0834. The smallest absolute Gasteiger partial charge is 0.226 e. The van der Waals surface area contributed by atoms with Gasteiger partial charge in [-0.3, -0.25) is 9.79 Å². The van der Waals surface area contributed by atoms with Crippen molar-refractivity contribution in [1.82, 2.24) is 10.2 Å². The van der Waals surface area contributed by atoms with Gasteiger partial charge in [-0.25, -0.2) is 0 Å². The summed E-state index contributed by atoms with van der Waals surface area (Å²) in [6.07, 6.45) is 1.31. The van der Waals surface area contributed by atoms with Crippen molar-refractivity contribution in [2.75, 3.05) is 32.5 Å². The number of anilines is 1. The Morgan fingerprint density at radius 1 is 1.35 bits per heavy atom. The van der Waals surface area contributed by atoms with Crippen LogP contribution in [0.25, 0.3) is 0 Å². The lowest BCUT2D eigenvalue weighted by Crippen LogP contribution is -2.41. The Hall–Kier alpha value is -2.05. The van der Waals surface area contributed by atoms with E-state index in [2.05, 4.69) is 38.0 Å². The number of carbonyl (C=O) groups excluding carboxylic acids is 1. The van der Waals surface area contributed by atoms with Gasteiger partial charge in [-0.15, -0.1) is 11.3 Å². The van der Waals surface area contributed by atoms with E-state index in [9.17, 15) is 4.79 Å². The molecular weight excluding hydrogens is 368 g/mol. The van der Waals surface area contributed by atoms with Crippen molar-refractivity contribution in [3.8, 4) is 0 Å². The molecule has 1 aromatic carbocycles. The maximum absolute atomic E-state index is 12.1. The fourth-order valence-corrected chi connectivity index (χ4v) is 3.43. The van der Waals surface area contributed by atoms with Gasteiger partial charge >= 0.3 is 0 Å². The Morgan fingerprint density at radius 3 is 2.81 bits per heavy atom. The van der Waals surface area contributed by atoms with E-state index in [1.165, 1.54) is 4.88 Å². The van der Waals surface area contributed by atoms with Gasteiger partial charge in [0, 0.05) is 38.5 Å². The molecule has 7 heteroatoms. The number of carbonyl (C=O) groups is 1. The monoisotopic (exact) mass is 392 g/mol. The van der Waals surface area contributed by atoms with Crippen LogP contribution in [-0.2, 0) is 11.2 Å². The lowest BCUT2D eigenvalue weighted by Gasteiger charge is -2.21. The van der Waals surface area contributed by atoms with Gasteiger partial charge in [0.25, 0.3) is 0 Å². The van der Waals surface area contributed by atoms with Crippen molar-refractivity contribution >= 4 is 40.5 Å². The highest BCUT2D eigenvalue weighted by molar-refractivity contribution is 7.09. The summed E-state index contributed by atoms with van der Waals surface area (Å²) in [7, 11) is 3.74. The van der Waals surface area contributed by atoms with Gasteiger partial charge in [-0.1, -0.05) is 23.7 Å². The van der Waals surface area contributed by atoms with Gasteiger partial charge < -0.3 is 15.5 Å². The summed E-state index contributed by atoms with van der Waals surface area (Å²) in [6, 6.07) is 9.77. The van der Waals surface area contributed by atoms with Crippen molar-refractivity contribution in [3.05, 3.63) is 51.2 Å². The fraction of sp³-hybridized carbons (Fsp3) is 0.368. The number of benzene rings is 1. The summed E-state index contributed by atoms with van der Waals surface area (Å²) in [5.74, 6) is 0.697. The van der Waals surface area contributed by atoms with E-state index in [1.54, 1.807) is 18.4 Å². The lowest BCUT2D eigenvalue weighted by atomic mass is 10.2. The number of aliphatic imine (C=N–C) groups is 1.